The van der Waals surface area contributed by atoms with Crippen molar-refractivity contribution in [3.63, 3.8) is 0 Å². The lowest BCUT2D eigenvalue weighted by molar-refractivity contribution is 0.474. The van der Waals surface area contributed by atoms with Gasteiger partial charge in [0.25, 0.3) is 0 Å². The molecule has 0 aliphatic rings. The van der Waals surface area contributed by atoms with Gasteiger partial charge in [0.05, 0.1) is 5.69 Å². The Morgan fingerprint density at radius 2 is 1.83 bits per heavy atom. The van der Waals surface area contributed by atoms with Gasteiger partial charge >= 0.3 is 0 Å². The summed E-state index contributed by atoms with van der Waals surface area (Å²) in [6, 6.07) is 4.35. The number of hydrogen-bond donors (Lipinski definition) is 1. The van der Waals surface area contributed by atoms with E-state index in [4.69, 9.17) is 17.3 Å². The zero-order valence-electron chi connectivity index (χ0n) is 9.84. The summed E-state index contributed by atoms with van der Waals surface area (Å²) in [5.41, 5.74) is 5.85. The monoisotopic (exact) mass is 286 g/mol. The smallest absolute Gasteiger partial charge is 0.245 e. The third-order valence-electron chi connectivity index (χ3n) is 2.26. The second-order valence-corrected chi connectivity index (χ2v) is 5.92. The quantitative estimate of drug-likeness (QED) is 0.644. The normalized spacial score (nSPS) is 11.4. The zero-order chi connectivity index (χ0) is 13.8. The van der Waals surface area contributed by atoms with Crippen molar-refractivity contribution in [1.29, 1.82) is 0 Å². The van der Waals surface area contributed by atoms with E-state index in [0.717, 1.165) is 0 Å². The van der Waals surface area contributed by atoms with E-state index in [1.54, 1.807) is 6.07 Å². The van der Waals surface area contributed by atoms with Crippen molar-refractivity contribution in [1.82, 2.24) is 4.31 Å². The molecule has 0 heterocycles. The average molecular weight is 287 g/mol. The van der Waals surface area contributed by atoms with Crippen LogP contribution in [0.3, 0.4) is 0 Å². The summed E-state index contributed by atoms with van der Waals surface area (Å²) in [4.78, 5) is -0.00120. The van der Waals surface area contributed by atoms with Gasteiger partial charge in [0.1, 0.15) is 4.90 Å². The minimum absolute atomic E-state index is 0.00120. The van der Waals surface area contributed by atoms with Gasteiger partial charge in [-0.2, -0.15) is 4.31 Å². The fourth-order valence-corrected chi connectivity index (χ4v) is 3.19. The number of nitrogens with two attached hydrogens (primary N) is 1. The molecule has 0 spiro atoms. The van der Waals surface area contributed by atoms with Crippen LogP contribution in [0.1, 0.15) is 0 Å². The van der Waals surface area contributed by atoms with E-state index in [0.29, 0.717) is 5.02 Å². The maximum absolute atomic E-state index is 12.4. The standard InChI is InChI=1S/C12H15ClN2O2S/c1-3-7-15(8-4-2)18(16,17)12-9-10(13)5-6-11(12)14/h3-6,9H,1-2,7-8,14H2. The van der Waals surface area contributed by atoms with Crippen molar-refractivity contribution < 1.29 is 8.42 Å². The minimum Gasteiger partial charge on any atom is -0.398 e. The summed E-state index contributed by atoms with van der Waals surface area (Å²) in [5.74, 6) is 0. The SMILES string of the molecule is C=CCN(CC=C)S(=O)(=O)c1cc(Cl)ccc1N. The van der Waals surface area contributed by atoms with Gasteiger partial charge in [0.2, 0.25) is 10.0 Å². The van der Waals surface area contributed by atoms with Gasteiger partial charge < -0.3 is 5.73 Å². The highest BCUT2D eigenvalue weighted by molar-refractivity contribution is 7.89. The Labute approximate surface area is 112 Å². The van der Waals surface area contributed by atoms with Gasteiger partial charge in [-0.15, -0.1) is 13.2 Å². The van der Waals surface area contributed by atoms with Gasteiger partial charge in [-0.25, -0.2) is 8.42 Å². The van der Waals surface area contributed by atoms with Crippen molar-refractivity contribution >= 4 is 27.3 Å². The van der Waals surface area contributed by atoms with Gasteiger partial charge in [0.15, 0.2) is 0 Å². The molecule has 1 aromatic carbocycles. The molecule has 0 radical (unpaired) electrons. The summed E-state index contributed by atoms with van der Waals surface area (Å²) in [6.07, 6.45) is 3.00. The predicted octanol–water partition coefficient (Wildman–Crippen LogP) is 2.28. The van der Waals surface area contributed by atoms with Crippen LogP contribution in [-0.2, 0) is 10.0 Å². The molecule has 0 aliphatic carbocycles. The number of nitrogens with zero attached hydrogens (tertiary/aromatic N) is 1. The Kier molecular flexibility index (Phi) is 4.95. The lowest BCUT2D eigenvalue weighted by atomic mass is 10.3. The molecule has 0 amide bonds. The van der Waals surface area contributed by atoms with Crippen LogP contribution in [0.15, 0.2) is 48.4 Å². The Balaban J connectivity index is 3.29. The molecule has 0 saturated heterocycles. The van der Waals surface area contributed by atoms with Crippen LogP contribution in [0.2, 0.25) is 5.02 Å². The molecule has 0 saturated carbocycles. The maximum atomic E-state index is 12.4. The second kappa shape index (κ2) is 6.04. The third-order valence-corrected chi connectivity index (χ3v) is 4.38. The van der Waals surface area contributed by atoms with Gasteiger partial charge in [0, 0.05) is 18.1 Å². The van der Waals surface area contributed by atoms with Crippen LogP contribution in [0, 0.1) is 0 Å². The molecule has 0 atom stereocenters. The van der Waals surface area contributed by atoms with Gasteiger partial charge in [-0.05, 0) is 18.2 Å². The first kappa shape index (κ1) is 14.8. The third kappa shape index (κ3) is 3.13. The second-order valence-electron chi connectivity index (χ2n) is 3.58. The zero-order valence-corrected chi connectivity index (χ0v) is 11.4. The van der Waals surface area contributed by atoms with Crippen LogP contribution < -0.4 is 5.73 Å². The first-order valence-corrected chi connectivity index (χ1v) is 7.02. The highest BCUT2D eigenvalue weighted by Crippen LogP contribution is 2.25. The molecular weight excluding hydrogens is 272 g/mol. The molecule has 4 nitrogen and oxygen atoms in total. The number of benzene rings is 1. The van der Waals surface area contributed by atoms with Crippen LogP contribution in [0.4, 0.5) is 5.69 Å². The van der Waals surface area contributed by atoms with Crippen LogP contribution in [0.25, 0.3) is 0 Å². The topological polar surface area (TPSA) is 63.4 Å². The molecule has 6 heteroatoms. The van der Waals surface area contributed by atoms with Crippen molar-refractivity contribution in [2.45, 2.75) is 4.90 Å². The van der Waals surface area contributed by atoms with Gasteiger partial charge in [-0.1, -0.05) is 23.8 Å². The molecule has 18 heavy (non-hydrogen) atoms. The van der Waals surface area contributed by atoms with E-state index in [-0.39, 0.29) is 23.7 Å². The molecule has 98 valence electrons. The first-order valence-electron chi connectivity index (χ1n) is 5.20. The van der Waals surface area contributed by atoms with Crippen molar-refractivity contribution in [3.8, 4) is 0 Å². The van der Waals surface area contributed by atoms with E-state index in [1.807, 2.05) is 0 Å². The summed E-state index contributed by atoms with van der Waals surface area (Å²) in [5, 5.41) is 0.319. The van der Waals surface area contributed by atoms with E-state index in [1.165, 1.54) is 28.6 Å². The van der Waals surface area contributed by atoms with Crippen molar-refractivity contribution in [2.24, 2.45) is 0 Å². The number of sulfonamides is 1. The van der Waals surface area contributed by atoms with E-state index in [2.05, 4.69) is 13.2 Å². The predicted molar refractivity (Wildman–Crippen MR) is 75.0 cm³/mol. The van der Waals surface area contributed by atoms with Gasteiger partial charge in [-0.3, -0.25) is 0 Å². The molecular formula is C12H15ClN2O2S. The summed E-state index contributed by atoms with van der Waals surface area (Å²) < 4.78 is 26.0. The Morgan fingerprint density at radius 1 is 1.28 bits per heavy atom. The largest absolute Gasteiger partial charge is 0.398 e. The summed E-state index contributed by atoms with van der Waals surface area (Å²) in [7, 11) is -3.70. The number of nitrogen functional groups attached to an aromatic ring is 1. The fraction of sp³-hybridized carbons (Fsp3) is 0.167. The highest BCUT2D eigenvalue weighted by atomic mass is 35.5. The van der Waals surface area contributed by atoms with E-state index in [9.17, 15) is 8.42 Å². The van der Waals surface area contributed by atoms with E-state index >= 15 is 0 Å². The maximum Gasteiger partial charge on any atom is 0.245 e. The number of hydrogen-bond acceptors (Lipinski definition) is 3. The molecule has 1 rings (SSSR count). The summed E-state index contributed by atoms with van der Waals surface area (Å²) >= 11 is 5.80. The van der Waals surface area contributed by atoms with Crippen LogP contribution in [-0.4, -0.2) is 25.8 Å². The number of anilines is 1. The highest BCUT2D eigenvalue weighted by Gasteiger charge is 2.24. The first-order chi connectivity index (χ1) is 8.43. The fourth-order valence-electron chi connectivity index (χ4n) is 1.43. The number of halogens is 1. The minimum atomic E-state index is -3.70. The average Bonchev–Trinajstić information content (AvgIpc) is 2.32. The lowest BCUT2D eigenvalue weighted by Gasteiger charge is -2.20. The molecule has 1 aromatic rings. The molecule has 0 bridgehead atoms. The lowest BCUT2D eigenvalue weighted by Crippen LogP contribution is -2.31. The van der Waals surface area contributed by atoms with E-state index < -0.39 is 10.0 Å². The summed E-state index contributed by atoms with van der Waals surface area (Å²) in [6.45, 7) is 7.43. The van der Waals surface area contributed by atoms with Crippen LogP contribution >= 0.6 is 11.6 Å². The number of rotatable bonds is 6. The van der Waals surface area contributed by atoms with Crippen molar-refractivity contribution in [2.75, 3.05) is 18.8 Å². The molecule has 2 N–H and O–H groups in total. The Morgan fingerprint density at radius 3 is 2.33 bits per heavy atom. The van der Waals surface area contributed by atoms with Crippen molar-refractivity contribution in [3.05, 3.63) is 48.5 Å². The Hall–Kier alpha value is -1.30. The molecule has 0 aliphatic heterocycles. The Bertz CT molecular complexity index is 545. The molecule has 0 fully saturated rings. The molecule has 0 unspecified atom stereocenters. The molecule has 0 aromatic heterocycles. The van der Waals surface area contributed by atoms with Crippen LogP contribution in [0.5, 0.6) is 0 Å².